The Morgan fingerprint density at radius 1 is 1.00 bits per heavy atom. The number of anilines is 2. The van der Waals surface area contributed by atoms with Gasteiger partial charge in [-0.2, -0.15) is 4.98 Å². The van der Waals surface area contributed by atoms with E-state index in [0.717, 1.165) is 61.1 Å². The van der Waals surface area contributed by atoms with E-state index in [4.69, 9.17) is 9.47 Å². The predicted octanol–water partition coefficient (Wildman–Crippen LogP) is 3.38. The summed E-state index contributed by atoms with van der Waals surface area (Å²) in [5.41, 5.74) is 2.26. The molecule has 1 fully saturated rings. The molecule has 0 aliphatic heterocycles. The molecule has 0 bridgehead atoms. The summed E-state index contributed by atoms with van der Waals surface area (Å²) in [5, 5.41) is 7.20. The SMILES string of the molecule is COc1cc(CNC2CCC(Nc3ncc(C)c(N(C)C)n3)CC2)cc(OC)c1. The second kappa shape index (κ2) is 9.78. The molecule has 29 heavy (non-hydrogen) atoms. The van der Waals surface area contributed by atoms with Crippen molar-refractivity contribution in [2.45, 2.75) is 51.2 Å². The van der Waals surface area contributed by atoms with E-state index in [1.54, 1.807) is 14.2 Å². The molecule has 0 amide bonds. The molecule has 1 aromatic carbocycles. The lowest BCUT2D eigenvalue weighted by atomic mass is 9.91. The summed E-state index contributed by atoms with van der Waals surface area (Å²) in [5.74, 6) is 3.33. The van der Waals surface area contributed by atoms with Crippen LogP contribution >= 0.6 is 0 Å². The number of benzene rings is 1. The van der Waals surface area contributed by atoms with Crippen molar-refractivity contribution in [2.24, 2.45) is 0 Å². The topological polar surface area (TPSA) is 71.5 Å². The van der Waals surface area contributed by atoms with Gasteiger partial charge >= 0.3 is 0 Å². The zero-order valence-electron chi connectivity index (χ0n) is 18.2. The Labute approximate surface area is 173 Å². The molecule has 0 unspecified atom stereocenters. The zero-order chi connectivity index (χ0) is 20.8. The van der Waals surface area contributed by atoms with Gasteiger partial charge in [0.05, 0.1) is 14.2 Å². The Morgan fingerprint density at radius 2 is 1.62 bits per heavy atom. The molecular weight excluding hydrogens is 366 g/mol. The van der Waals surface area contributed by atoms with Crippen LogP contribution < -0.4 is 25.0 Å². The van der Waals surface area contributed by atoms with Crippen molar-refractivity contribution in [3.63, 3.8) is 0 Å². The standard InChI is InChI=1S/C22H33N5O2/c1-15-13-24-22(26-21(15)27(2)3)25-18-8-6-17(7-9-18)23-14-16-10-19(28-4)12-20(11-16)29-5/h10-13,17-18,23H,6-9,14H2,1-5H3,(H,24,25,26). The van der Waals surface area contributed by atoms with Crippen molar-refractivity contribution in [2.75, 3.05) is 38.5 Å². The summed E-state index contributed by atoms with van der Waals surface area (Å²) in [7, 11) is 7.38. The third-order valence-electron chi connectivity index (χ3n) is 5.44. The lowest BCUT2D eigenvalue weighted by molar-refractivity contribution is 0.351. The predicted molar refractivity (Wildman–Crippen MR) is 117 cm³/mol. The average molecular weight is 400 g/mol. The highest BCUT2D eigenvalue weighted by Crippen LogP contribution is 2.25. The first-order valence-corrected chi connectivity index (χ1v) is 10.2. The minimum atomic E-state index is 0.419. The third kappa shape index (κ3) is 5.73. The lowest BCUT2D eigenvalue weighted by Crippen LogP contribution is -2.37. The van der Waals surface area contributed by atoms with Gasteiger partial charge in [0.1, 0.15) is 17.3 Å². The maximum atomic E-state index is 5.36. The second-order valence-electron chi connectivity index (χ2n) is 7.89. The van der Waals surface area contributed by atoms with Crippen LogP contribution in [-0.4, -0.2) is 50.4 Å². The van der Waals surface area contributed by atoms with E-state index in [2.05, 4.69) is 32.7 Å². The zero-order valence-corrected chi connectivity index (χ0v) is 18.2. The van der Waals surface area contributed by atoms with Crippen molar-refractivity contribution < 1.29 is 9.47 Å². The van der Waals surface area contributed by atoms with E-state index < -0.39 is 0 Å². The number of nitrogens with zero attached hydrogens (tertiary/aromatic N) is 3. The fourth-order valence-corrected chi connectivity index (χ4v) is 3.81. The van der Waals surface area contributed by atoms with Crippen molar-refractivity contribution in [1.82, 2.24) is 15.3 Å². The molecule has 1 heterocycles. The van der Waals surface area contributed by atoms with E-state index >= 15 is 0 Å². The summed E-state index contributed by atoms with van der Waals surface area (Å²) in [6, 6.07) is 6.94. The maximum absolute atomic E-state index is 5.36. The van der Waals surface area contributed by atoms with E-state index in [1.807, 2.05) is 38.2 Å². The van der Waals surface area contributed by atoms with Crippen LogP contribution in [0.4, 0.5) is 11.8 Å². The van der Waals surface area contributed by atoms with Gasteiger partial charge in [0.25, 0.3) is 0 Å². The van der Waals surface area contributed by atoms with Gasteiger partial charge in [-0.25, -0.2) is 4.98 Å². The van der Waals surface area contributed by atoms with Crippen LogP contribution in [0.25, 0.3) is 0 Å². The maximum Gasteiger partial charge on any atom is 0.224 e. The molecule has 7 heteroatoms. The number of aromatic nitrogens is 2. The normalized spacial score (nSPS) is 18.9. The smallest absolute Gasteiger partial charge is 0.224 e. The van der Waals surface area contributed by atoms with Gasteiger partial charge < -0.3 is 25.0 Å². The number of methoxy groups -OCH3 is 2. The van der Waals surface area contributed by atoms with Gasteiger partial charge in [0.15, 0.2) is 0 Å². The number of hydrogen-bond donors (Lipinski definition) is 2. The molecule has 0 spiro atoms. The summed E-state index contributed by atoms with van der Waals surface area (Å²) in [6.45, 7) is 2.84. The molecule has 2 N–H and O–H groups in total. The number of ether oxygens (including phenoxy) is 2. The second-order valence-corrected chi connectivity index (χ2v) is 7.89. The van der Waals surface area contributed by atoms with Gasteiger partial charge in [-0.05, 0) is 50.3 Å². The van der Waals surface area contributed by atoms with Crippen LogP contribution in [-0.2, 0) is 6.54 Å². The molecule has 0 atom stereocenters. The monoisotopic (exact) mass is 399 g/mol. The molecule has 0 saturated heterocycles. The van der Waals surface area contributed by atoms with E-state index in [9.17, 15) is 0 Å². The third-order valence-corrected chi connectivity index (χ3v) is 5.44. The van der Waals surface area contributed by atoms with Gasteiger partial charge in [-0.15, -0.1) is 0 Å². The van der Waals surface area contributed by atoms with Crippen molar-refractivity contribution in [1.29, 1.82) is 0 Å². The first-order valence-electron chi connectivity index (χ1n) is 10.2. The molecular formula is C22H33N5O2. The quantitative estimate of drug-likeness (QED) is 0.705. The molecule has 2 aromatic rings. The fraction of sp³-hybridized carbons (Fsp3) is 0.545. The Bertz CT molecular complexity index is 782. The number of nitrogens with one attached hydrogen (secondary N) is 2. The molecule has 1 aliphatic carbocycles. The molecule has 1 aliphatic rings. The molecule has 1 saturated carbocycles. The minimum Gasteiger partial charge on any atom is -0.497 e. The van der Waals surface area contributed by atoms with Gasteiger partial charge in [-0.3, -0.25) is 0 Å². The number of aryl methyl sites for hydroxylation is 1. The van der Waals surface area contributed by atoms with Crippen LogP contribution in [0.5, 0.6) is 11.5 Å². The number of hydrogen-bond acceptors (Lipinski definition) is 7. The Hall–Kier alpha value is -2.54. The number of rotatable bonds is 8. The summed E-state index contributed by atoms with van der Waals surface area (Å²) < 4.78 is 10.7. The van der Waals surface area contributed by atoms with Crippen molar-refractivity contribution in [3.05, 3.63) is 35.5 Å². The Kier molecular flexibility index (Phi) is 7.14. The van der Waals surface area contributed by atoms with Crippen LogP contribution in [0.3, 0.4) is 0 Å². The van der Waals surface area contributed by atoms with Crippen LogP contribution in [0.15, 0.2) is 24.4 Å². The van der Waals surface area contributed by atoms with Crippen LogP contribution in [0.1, 0.15) is 36.8 Å². The first kappa shape index (κ1) is 21.2. The van der Waals surface area contributed by atoms with Crippen molar-refractivity contribution >= 4 is 11.8 Å². The first-order chi connectivity index (χ1) is 14.0. The van der Waals surface area contributed by atoms with E-state index in [1.165, 1.54) is 5.56 Å². The van der Waals surface area contributed by atoms with Gasteiger partial charge in [0, 0.05) is 50.6 Å². The lowest BCUT2D eigenvalue weighted by Gasteiger charge is -2.30. The molecule has 158 valence electrons. The Balaban J connectivity index is 1.49. The Morgan fingerprint density at radius 3 is 2.21 bits per heavy atom. The highest BCUT2D eigenvalue weighted by molar-refractivity contribution is 5.47. The van der Waals surface area contributed by atoms with Crippen LogP contribution in [0.2, 0.25) is 0 Å². The van der Waals surface area contributed by atoms with Crippen molar-refractivity contribution in [3.8, 4) is 11.5 Å². The average Bonchev–Trinajstić information content (AvgIpc) is 2.74. The summed E-state index contributed by atoms with van der Waals surface area (Å²) in [4.78, 5) is 11.1. The minimum absolute atomic E-state index is 0.419. The molecule has 7 nitrogen and oxygen atoms in total. The largest absolute Gasteiger partial charge is 0.497 e. The van der Waals surface area contributed by atoms with E-state index in [0.29, 0.717) is 12.1 Å². The highest BCUT2D eigenvalue weighted by atomic mass is 16.5. The van der Waals surface area contributed by atoms with E-state index in [-0.39, 0.29) is 0 Å². The van der Waals surface area contributed by atoms with Gasteiger partial charge in [0.2, 0.25) is 5.95 Å². The van der Waals surface area contributed by atoms with Gasteiger partial charge in [-0.1, -0.05) is 0 Å². The molecule has 3 rings (SSSR count). The molecule has 0 radical (unpaired) electrons. The van der Waals surface area contributed by atoms with Crippen LogP contribution in [0, 0.1) is 6.92 Å². The fourth-order valence-electron chi connectivity index (χ4n) is 3.81. The summed E-state index contributed by atoms with van der Waals surface area (Å²) >= 11 is 0. The summed E-state index contributed by atoms with van der Waals surface area (Å²) in [6.07, 6.45) is 6.36. The highest BCUT2D eigenvalue weighted by Gasteiger charge is 2.21. The molecule has 1 aromatic heterocycles.